The molecule has 1 aliphatic rings. The number of amides is 1. The lowest BCUT2D eigenvalue weighted by Crippen LogP contribution is -2.49. The minimum atomic E-state index is -1.12. The zero-order valence-corrected chi connectivity index (χ0v) is 20.3. The second-order valence-electron chi connectivity index (χ2n) is 10.3. The van der Waals surface area contributed by atoms with E-state index in [1.165, 1.54) is 0 Å². The Bertz CT molecular complexity index is 1260. The van der Waals surface area contributed by atoms with E-state index in [2.05, 4.69) is 9.88 Å². The first-order valence-electron chi connectivity index (χ1n) is 11.9. The van der Waals surface area contributed by atoms with Gasteiger partial charge in [-0.2, -0.15) is 0 Å². The van der Waals surface area contributed by atoms with E-state index in [0.29, 0.717) is 19.4 Å². The maximum Gasteiger partial charge on any atom is 0.326 e. The zero-order valence-electron chi connectivity index (χ0n) is 20.3. The highest BCUT2D eigenvalue weighted by Crippen LogP contribution is 2.56. The Morgan fingerprint density at radius 2 is 1.69 bits per heavy atom. The SMILES string of the molecule is CC1(C)[C@@H](C(=O)N[C@@H](Cc2cn(Cc3ccccc3)c3ccccc23)C(=O)O)CC[C@@]1(C)C(=O)O. The number of aromatic nitrogens is 1. The van der Waals surface area contributed by atoms with Crippen LogP contribution < -0.4 is 5.32 Å². The molecule has 3 aromatic rings. The Morgan fingerprint density at radius 1 is 1.03 bits per heavy atom. The third-order valence-electron chi connectivity index (χ3n) is 8.12. The van der Waals surface area contributed by atoms with Gasteiger partial charge in [-0.3, -0.25) is 9.59 Å². The van der Waals surface area contributed by atoms with Crippen molar-refractivity contribution in [2.24, 2.45) is 16.7 Å². The second kappa shape index (κ2) is 9.21. The van der Waals surface area contributed by atoms with Crippen LogP contribution in [0.3, 0.4) is 0 Å². The summed E-state index contributed by atoms with van der Waals surface area (Å²) >= 11 is 0. The lowest BCUT2D eigenvalue weighted by Gasteiger charge is -2.38. The third kappa shape index (κ3) is 4.43. The molecule has 7 heteroatoms. The molecule has 7 nitrogen and oxygen atoms in total. The summed E-state index contributed by atoms with van der Waals surface area (Å²) < 4.78 is 2.10. The second-order valence-corrected chi connectivity index (χ2v) is 10.3. The number of carboxylic acid groups (broad SMARTS) is 2. The first kappa shape index (κ1) is 24.5. The maximum atomic E-state index is 13.2. The number of nitrogens with one attached hydrogen (secondary N) is 1. The first-order chi connectivity index (χ1) is 16.5. The van der Waals surface area contributed by atoms with Crippen molar-refractivity contribution in [1.82, 2.24) is 9.88 Å². The zero-order chi connectivity index (χ0) is 25.4. The largest absolute Gasteiger partial charge is 0.481 e. The van der Waals surface area contributed by atoms with Crippen molar-refractivity contribution in [3.8, 4) is 0 Å². The standard InChI is InChI=1S/C28H32N2O5/c1-27(2)21(13-14-28(27,3)26(34)35)24(31)29-22(25(32)33)15-19-17-30(16-18-9-5-4-6-10-18)23-12-8-7-11-20(19)23/h4-12,17,21-22H,13-16H2,1-3H3,(H,29,31)(H,32,33)(H,34,35)/t21-,22+,28+/m1/s1. The van der Waals surface area contributed by atoms with E-state index in [4.69, 9.17) is 0 Å². The Morgan fingerprint density at radius 3 is 2.31 bits per heavy atom. The molecule has 0 bridgehead atoms. The summed E-state index contributed by atoms with van der Waals surface area (Å²) in [5.74, 6) is -3.03. The molecule has 1 aliphatic carbocycles. The molecule has 1 heterocycles. The summed E-state index contributed by atoms with van der Waals surface area (Å²) in [5.41, 5.74) is 1.12. The van der Waals surface area contributed by atoms with Crippen LogP contribution in [0.5, 0.6) is 0 Å². The first-order valence-corrected chi connectivity index (χ1v) is 11.9. The highest BCUT2D eigenvalue weighted by Gasteiger charge is 2.58. The fourth-order valence-electron chi connectivity index (χ4n) is 5.43. The van der Waals surface area contributed by atoms with Gasteiger partial charge in [0.15, 0.2) is 0 Å². The lowest BCUT2D eigenvalue weighted by atomic mass is 9.65. The van der Waals surface area contributed by atoms with E-state index in [1.54, 1.807) is 20.8 Å². The van der Waals surface area contributed by atoms with Gasteiger partial charge in [0.1, 0.15) is 6.04 Å². The molecule has 184 valence electrons. The van der Waals surface area contributed by atoms with Gasteiger partial charge in [-0.25, -0.2) is 4.79 Å². The van der Waals surface area contributed by atoms with Crippen molar-refractivity contribution in [2.75, 3.05) is 0 Å². The molecule has 0 saturated heterocycles. The fourth-order valence-corrected chi connectivity index (χ4v) is 5.43. The number of hydrogen-bond acceptors (Lipinski definition) is 3. The molecule has 3 N–H and O–H groups in total. The van der Waals surface area contributed by atoms with E-state index in [0.717, 1.165) is 22.0 Å². The molecule has 0 radical (unpaired) electrons. The predicted octanol–water partition coefficient (Wildman–Crippen LogP) is 4.33. The van der Waals surface area contributed by atoms with Gasteiger partial charge in [0.2, 0.25) is 5.91 Å². The summed E-state index contributed by atoms with van der Waals surface area (Å²) in [6, 6.07) is 16.7. The molecule has 1 saturated carbocycles. The van der Waals surface area contributed by atoms with Crippen molar-refractivity contribution in [2.45, 2.75) is 52.6 Å². The number of hydrogen-bond donors (Lipinski definition) is 3. The quantitative estimate of drug-likeness (QED) is 0.448. The fraction of sp³-hybridized carbons (Fsp3) is 0.393. The highest BCUT2D eigenvalue weighted by atomic mass is 16.4. The van der Waals surface area contributed by atoms with Crippen LogP contribution in [-0.4, -0.2) is 38.7 Å². The van der Waals surface area contributed by atoms with Gasteiger partial charge in [-0.05, 0) is 42.4 Å². The maximum absolute atomic E-state index is 13.2. The topological polar surface area (TPSA) is 109 Å². The highest BCUT2D eigenvalue weighted by molar-refractivity contribution is 5.89. The molecule has 35 heavy (non-hydrogen) atoms. The minimum absolute atomic E-state index is 0.132. The van der Waals surface area contributed by atoms with Crippen LogP contribution in [0, 0.1) is 16.7 Å². The molecule has 0 spiro atoms. The van der Waals surface area contributed by atoms with Gasteiger partial charge < -0.3 is 20.1 Å². The van der Waals surface area contributed by atoms with Crippen LogP contribution in [0.4, 0.5) is 0 Å². The Hall–Kier alpha value is -3.61. The van der Waals surface area contributed by atoms with Gasteiger partial charge >= 0.3 is 11.9 Å². The van der Waals surface area contributed by atoms with Crippen LogP contribution in [-0.2, 0) is 27.3 Å². The minimum Gasteiger partial charge on any atom is -0.481 e. The molecule has 1 aromatic heterocycles. The number of carbonyl (C=O) groups is 3. The Labute approximate surface area is 204 Å². The Balaban J connectivity index is 1.58. The Kier molecular flexibility index (Phi) is 6.45. The number of para-hydroxylation sites is 1. The van der Waals surface area contributed by atoms with Gasteiger partial charge in [0.25, 0.3) is 0 Å². The van der Waals surface area contributed by atoms with Gasteiger partial charge in [-0.1, -0.05) is 62.4 Å². The van der Waals surface area contributed by atoms with Crippen molar-refractivity contribution in [3.05, 3.63) is 71.9 Å². The molecule has 4 rings (SSSR count). The number of carboxylic acids is 2. The molecule has 2 aromatic carbocycles. The molecular weight excluding hydrogens is 444 g/mol. The van der Waals surface area contributed by atoms with Crippen LogP contribution in [0.2, 0.25) is 0 Å². The van der Waals surface area contributed by atoms with Crippen LogP contribution >= 0.6 is 0 Å². The summed E-state index contributed by atoms with van der Waals surface area (Å²) in [4.78, 5) is 37.3. The van der Waals surface area contributed by atoms with Crippen LogP contribution in [0.1, 0.15) is 44.7 Å². The number of rotatable bonds is 8. The normalized spacial score (nSPS) is 22.1. The molecule has 1 fully saturated rings. The van der Waals surface area contributed by atoms with Gasteiger partial charge in [-0.15, -0.1) is 0 Å². The van der Waals surface area contributed by atoms with Gasteiger partial charge in [0, 0.05) is 36.0 Å². The summed E-state index contributed by atoms with van der Waals surface area (Å²) in [7, 11) is 0. The van der Waals surface area contributed by atoms with Gasteiger partial charge in [0.05, 0.1) is 5.41 Å². The van der Waals surface area contributed by atoms with E-state index in [1.807, 2.05) is 60.8 Å². The smallest absolute Gasteiger partial charge is 0.326 e. The van der Waals surface area contributed by atoms with E-state index >= 15 is 0 Å². The number of nitrogens with zero attached hydrogens (tertiary/aromatic N) is 1. The number of benzene rings is 2. The van der Waals surface area contributed by atoms with Crippen LogP contribution in [0.15, 0.2) is 60.8 Å². The predicted molar refractivity (Wildman–Crippen MR) is 133 cm³/mol. The molecule has 1 amide bonds. The van der Waals surface area contributed by atoms with E-state index in [-0.39, 0.29) is 6.42 Å². The van der Waals surface area contributed by atoms with E-state index < -0.39 is 40.6 Å². The van der Waals surface area contributed by atoms with Crippen molar-refractivity contribution >= 4 is 28.7 Å². The molecule has 3 atom stereocenters. The average Bonchev–Trinajstić information content (AvgIpc) is 3.28. The third-order valence-corrected chi connectivity index (χ3v) is 8.12. The van der Waals surface area contributed by atoms with E-state index in [9.17, 15) is 24.6 Å². The summed E-state index contributed by atoms with van der Waals surface area (Å²) in [6.07, 6.45) is 2.87. The molecule has 0 unspecified atom stereocenters. The number of carbonyl (C=O) groups excluding carboxylic acids is 1. The summed E-state index contributed by atoms with van der Waals surface area (Å²) in [5, 5.41) is 23.4. The van der Waals surface area contributed by atoms with Crippen molar-refractivity contribution in [3.63, 3.8) is 0 Å². The van der Waals surface area contributed by atoms with Crippen LogP contribution in [0.25, 0.3) is 10.9 Å². The number of aliphatic carboxylic acids is 2. The van der Waals surface area contributed by atoms with Crippen molar-refractivity contribution in [1.29, 1.82) is 0 Å². The monoisotopic (exact) mass is 476 g/mol. The summed E-state index contributed by atoms with van der Waals surface area (Å²) in [6.45, 7) is 5.88. The van der Waals surface area contributed by atoms with Crippen molar-refractivity contribution < 1.29 is 24.6 Å². The lowest BCUT2D eigenvalue weighted by molar-refractivity contribution is -0.155. The molecule has 0 aliphatic heterocycles. The average molecular weight is 477 g/mol. The number of fused-ring (bicyclic) bond motifs is 1. The molecular formula is C28H32N2O5.